The molecule has 0 saturated carbocycles. The van der Waals surface area contributed by atoms with Crippen LogP contribution in [0, 0.1) is 13.8 Å². The van der Waals surface area contributed by atoms with E-state index in [2.05, 4.69) is 15.6 Å². The lowest BCUT2D eigenvalue weighted by Gasteiger charge is -2.16. The van der Waals surface area contributed by atoms with Crippen molar-refractivity contribution in [1.29, 1.82) is 0 Å². The smallest absolute Gasteiger partial charge is 0.253 e. The molecule has 5 nitrogen and oxygen atoms in total. The van der Waals surface area contributed by atoms with Crippen molar-refractivity contribution in [2.75, 3.05) is 6.54 Å². The minimum absolute atomic E-state index is 0.0992. The number of pyridine rings is 1. The van der Waals surface area contributed by atoms with Crippen molar-refractivity contribution < 1.29 is 9.59 Å². The molecule has 5 heteroatoms. The fourth-order valence-corrected chi connectivity index (χ4v) is 2.92. The number of carbonyl (C=O) groups excluding carboxylic acids is 2. The van der Waals surface area contributed by atoms with E-state index in [1.54, 1.807) is 0 Å². The van der Waals surface area contributed by atoms with E-state index in [1.165, 1.54) is 0 Å². The van der Waals surface area contributed by atoms with Gasteiger partial charge >= 0.3 is 0 Å². The minimum Gasteiger partial charge on any atom is -0.354 e. The summed E-state index contributed by atoms with van der Waals surface area (Å²) < 4.78 is 0. The largest absolute Gasteiger partial charge is 0.354 e. The summed E-state index contributed by atoms with van der Waals surface area (Å²) >= 11 is 0. The Hall–Kier alpha value is -2.43. The SMILES string of the molecule is Cc1ccc2cc(C(=O)N[C@@H]3CCCCNC3=O)c(C)nc2c1. The number of rotatable bonds is 2. The van der Waals surface area contributed by atoms with E-state index in [-0.39, 0.29) is 11.8 Å². The minimum atomic E-state index is -0.460. The van der Waals surface area contributed by atoms with Crippen LogP contribution >= 0.6 is 0 Å². The molecule has 0 spiro atoms. The predicted molar refractivity (Wildman–Crippen MR) is 89.3 cm³/mol. The average molecular weight is 311 g/mol. The quantitative estimate of drug-likeness (QED) is 0.893. The Morgan fingerprint density at radius 1 is 1.26 bits per heavy atom. The van der Waals surface area contributed by atoms with Gasteiger partial charge in [-0.2, -0.15) is 0 Å². The first-order valence-corrected chi connectivity index (χ1v) is 8.01. The monoisotopic (exact) mass is 311 g/mol. The number of aromatic nitrogens is 1. The Morgan fingerprint density at radius 2 is 2.09 bits per heavy atom. The van der Waals surface area contributed by atoms with Gasteiger partial charge in [-0.25, -0.2) is 0 Å². The Kier molecular flexibility index (Phi) is 4.28. The van der Waals surface area contributed by atoms with Crippen LogP contribution in [0.5, 0.6) is 0 Å². The second-order valence-electron chi connectivity index (χ2n) is 6.13. The molecule has 1 aromatic heterocycles. The van der Waals surface area contributed by atoms with Gasteiger partial charge in [-0.1, -0.05) is 12.1 Å². The van der Waals surface area contributed by atoms with Crippen LogP contribution in [0.4, 0.5) is 0 Å². The molecule has 1 aliphatic heterocycles. The highest BCUT2D eigenvalue weighted by Crippen LogP contribution is 2.18. The number of carbonyl (C=O) groups is 2. The zero-order chi connectivity index (χ0) is 16.4. The Balaban J connectivity index is 1.86. The fourth-order valence-electron chi connectivity index (χ4n) is 2.92. The molecule has 2 aromatic rings. The molecule has 2 N–H and O–H groups in total. The van der Waals surface area contributed by atoms with E-state index in [0.717, 1.165) is 29.3 Å². The van der Waals surface area contributed by atoms with E-state index >= 15 is 0 Å². The second-order valence-corrected chi connectivity index (χ2v) is 6.13. The molecular weight excluding hydrogens is 290 g/mol. The van der Waals surface area contributed by atoms with E-state index in [0.29, 0.717) is 24.2 Å². The fraction of sp³-hybridized carbons (Fsp3) is 0.389. The van der Waals surface area contributed by atoms with Crippen LogP contribution in [0.15, 0.2) is 24.3 Å². The lowest BCUT2D eigenvalue weighted by molar-refractivity contribution is -0.122. The third kappa shape index (κ3) is 3.33. The third-order valence-corrected chi connectivity index (χ3v) is 4.25. The molecule has 120 valence electrons. The first-order valence-electron chi connectivity index (χ1n) is 8.01. The normalized spacial score (nSPS) is 18.3. The first-order chi connectivity index (χ1) is 11.0. The molecular formula is C18H21N3O2. The first kappa shape index (κ1) is 15.5. The Bertz CT molecular complexity index is 770. The molecule has 3 rings (SSSR count). The van der Waals surface area contributed by atoms with Gasteiger partial charge in [0, 0.05) is 11.9 Å². The summed E-state index contributed by atoms with van der Waals surface area (Å²) in [6.07, 6.45) is 2.56. The highest BCUT2D eigenvalue weighted by molar-refractivity contribution is 6.00. The van der Waals surface area contributed by atoms with Gasteiger partial charge < -0.3 is 10.6 Å². The molecule has 0 aliphatic carbocycles. The van der Waals surface area contributed by atoms with E-state index < -0.39 is 6.04 Å². The van der Waals surface area contributed by atoms with Crippen LogP contribution in [0.3, 0.4) is 0 Å². The van der Waals surface area contributed by atoms with Gasteiger partial charge in [0.15, 0.2) is 0 Å². The molecule has 1 fully saturated rings. The standard InChI is InChI=1S/C18H21N3O2/c1-11-6-7-13-10-14(12(2)20-16(13)9-11)17(22)21-15-5-3-4-8-19-18(15)23/h6-7,9-10,15H,3-5,8H2,1-2H3,(H,19,23)(H,21,22)/t15-/m1/s1. The second kappa shape index (κ2) is 6.36. The van der Waals surface area contributed by atoms with Crippen molar-refractivity contribution >= 4 is 22.7 Å². The van der Waals surface area contributed by atoms with Crippen LogP contribution in [0.25, 0.3) is 10.9 Å². The van der Waals surface area contributed by atoms with Gasteiger partial charge in [0.25, 0.3) is 5.91 Å². The van der Waals surface area contributed by atoms with Crippen molar-refractivity contribution in [3.63, 3.8) is 0 Å². The summed E-state index contributed by atoms with van der Waals surface area (Å²) in [7, 11) is 0. The van der Waals surface area contributed by atoms with Gasteiger partial charge in [-0.05, 0) is 50.8 Å². The van der Waals surface area contributed by atoms with Gasteiger partial charge in [0.2, 0.25) is 5.91 Å². The topological polar surface area (TPSA) is 71.1 Å². The maximum absolute atomic E-state index is 12.6. The van der Waals surface area contributed by atoms with Crippen molar-refractivity contribution in [2.45, 2.75) is 39.2 Å². The number of hydrogen-bond acceptors (Lipinski definition) is 3. The van der Waals surface area contributed by atoms with Gasteiger partial charge in [-0.15, -0.1) is 0 Å². The summed E-state index contributed by atoms with van der Waals surface area (Å²) in [6.45, 7) is 4.52. The molecule has 1 aromatic carbocycles. The van der Waals surface area contributed by atoms with Crippen molar-refractivity contribution in [1.82, 2.24) is 15.6 Å². The van der Waals surface area contributed by atoms with Crippen molar-refractivity contribution in [3.05, 3.63) is 41.1 Å². The zero-order valence-electron chi connectivity index (χ0n) is 13.5. The number of aryl methyl sites for hydroxylation is 2. The zero-order valence-corrected chi connectivity index (χ0v) is 13.5. The summed E-state index contributed by atoms with van der Waals surface area (Å²) in [6, 6.07) is 7.36. The third-order valence-electron chi connectivity index (χ3n) is 4.25. The number of nitrogens with one attached hydrogen (secondary N) is 2. The van der Waals surface area contributed by atoms with Crippen molar-refractivity contribution in [3.8, 4) is 0 Å². The summed E-state index contributed by atoms with van der Waals surface area (Å²) in [4.78, 5) is 29.1. The Morgan fingerprint density at radius 3 is 2.91 bits per heavy atom. The predicted octanol–water partition coefficient (Wildman–Crippen LogP) is 2.25. The summed E-state index contributed by atoms with van der Waals surface area (Å²) in [5, 5.41) is 6.61. The number of fused-ring (bicyclic) bond motifs is 1. The van der Waals surface area contributed by atoms with Crippen LogP contribution in [0.1, 0.15) is 40.9 Å². The molecule has 2 heterocycles. The number of nitrogens with zero attached hydrogens (tertiary/aromatic N) is 1. The van der Waals surface area contributed by atoms with Crippen LogP contribution in [-0.4, -0.2) is 29.4 Å². The maximum Gasteiger partial charge on any atom is 0.253 e. The van der Waals surface area contributed by atoms with Crippen molar-refractivity contribution in [2.24, 2.45) is 0 Å². The number of hydrogen-bond donors (Lipinski definition) is 2. The van der Waals surface area contributed by atoms with E-state index in [1.807, 2.05) is 38.1 Å². The lowest BCUT2D eigenvalue weighted by atomic mass is 10.1. The Labute approximate surface area is 135 Å². The maximum atomic E-state index is 12.6. The van der Waals surface area contributed by atoms with Crippen LogP contribution in [0.2, 0.25) is 0 Å². The number of amides is 2. The highest BCUT2D eigenvalue weighted by Gasteiger charge is 2.23. The van der Waals surface area contributed by atoms with Crippen LogP contribution in [-0.2, 0) is 4.79 Å². The van der Waals surface area contributed by atoms with E-state index in [9.17, 15) is 9.59 Å². The van der Waals surface area contributed by atoms with Crippen LogP contribution < -0.4 is 10.6 Å². The molecule has 1 saturated heterocycles. The molecule has 1 atom stereocenters. The van der Waals surface area contributed by atoms with Gasteiger partial charge in [0.05, 0.1) is 16.8 Å². The average Bonchev–Trinajstić information content (AvgIpc) is 2.71. The molecule has 23 heavy (non-hydrogen) atoms. The van der Waals surface area contributed by atoms with E-state index in [4.69, 9.17) is 0 Å². The summed E-state index contributed by atoms with van der Waals surface area (Å²) in [5.41, 5.74) is 3.22. The number of benzene rings is 1. The molecule has 0 unspecified atom stereocenters. The molecule has 0 radical (unpaired) electrons. The molecule has 1 aliphatic rings. The molecule has 0 bridgehead atoms. The van der Waals surface area contributed by atoms with Gasteiger partial charge in [-0.3, -0.25) is 14.6 Å². The molecule has 2 amide bonds. The summed E-state index contributed by atoms with van der Waals surface area (Å²) in [5.74, 6) is -0.336. The lowest BCUT2D eigenvalue weighted by Crippen LogP contribution is -2.45. The van der Waals surface area contributed by atoms with Gasteiger partial charge in [0.1, 0.15) is 6.04 Å². The highest BCUT2D eigenvalue weighted by atomic mass is 16.2.